The van der Waals surface area contributed by atoms with Gasteiger partial charge in [-0.25, -0.2) is 9.78 Å². The number of aromatic nitrogens is 1. The number of halogens is 1. The lowest BCUT2D eigenvalue weighted by Crippen LogP contribution is -2.08. The highest BCUT2D eigenvalue weighted by atomic mass is 127. The standard InChI is InChI=1S/C19H14INO3/c20-15-8-4-9-16(12-15)24-18-17(10-5-11-21-18)19(22)23-13-14-6-2-1-3-7-14/h1-12H,13H2. The van der Waals surface area contributed by atoms with Crippen molar-refractivity contribution in [3.63, 3.8) is 0 Å². The van der Waals surface area contributed by atoms with E-state index in [-0.39, 0.29) is 12.5 Å². The molecule has 0 bridgehead atoms. The van der Waals surface area contributed by atoms with Crippen LogP contribution in [0.25, 0.3) is 0 Å². The highest BCUT2D eigenvalue weighted by Gasteiger charge is 2.16. The molecule has 0 saturated heterocycles. The Balaban J connectivity index is 1.74. The lowest BCUT2D eigenvalue weighted by molar-refractivity contribution is 0.0469. The molecule has 0 aliphatic rings. The van der Waals surface area contributed by atoms with Gasteiger partial charge in [0.1, 0.15) is 17.9 Å². The summed E-state index contributed by atoms with van der Waals surface area (Å²) < 4.78 is 12.1. The molecule has 0 amide bonds. The van der Waals surface area contributed by atoms with Crippen LogP contribution < -0.4 is 4.74 Å². The van der Waals surface area contributed by atoms with Crippen LogP contribution in [0.4, 0.5) is 0 Å². The number of ether oxygens (including phenoxy) is 2. The fourth-order valence-electron chi connectivity index (χ4n) is 2.07. The molecule has 0 saturated carbocycles. The van der Waals surface area contributed by atoms with Crippen LogP contribution >= 0.6 is 22.6 Å². The van der Waals surface area contributed by atoms with E-state index in [1.165, 1.54) is 0 Å². The van der Waals surface area contributed by atoms with Crippen LogP contribution in [0.3, 0.4) is 0 Å². The van der Waals surface area contributed by atoms with E-state index in [4.69, 9.17) is 9.47 Å². The zero-order valence-electron chi connectivity index (χ0n) is 12.7. The molecule has 24 heavy (non-hydrogen) atoms. The molecule has 5 heteroatoms. The molecule has 0 radical (unpaired) electrons. The Bertz CT molecular complexity index is 837. The highest BCUT2D eigenvalue weighted by Crippen LogP contribution is 2.25. The minimum Gasteiger partial charge on any atom is -0.457 e. The monoisotopic (exact) mass is 431 g/mol. The van der Waals surface area contributed by atoms with Crippen molar-refractivity contribution in [3.8, 4) is 11.6 Å². The van der Waals surface area contributed by atoms with Gasteiger partial charge in [0.2, 0.25) is 5.88 Å². The van der Waals surface area contributed by atoms with Gasteiger partial charge in [-0.05, 0) is 58.5 Å². The van der Waals surface area contributed by atoms with Gasteiger partial charge in [-0.1, -0.05) is 36.4 Å². The number of hydrogen-bond acceptors (Lipinski definition) is 4. The minimum atomic E-state index is -0.465. The SMILES string of the molecule is O=C(OCc1ccccc1)c1cccnc1Oc1cccc(I)c1. The average molecular weight is 431 g/mol. The van der Waals surface area contributed by atoms with Crippen molar-refractivity contribution in [2.75, 3.05) is 0 Å². The zero-order chi connectivity index (χ0) is 16.8. The molecule has 0 unspecified atom stereocenters. The third-order valence-corrected chi connectivity index (χ3v) is 3.89. The fraction of sp³-hybridized carbons (Fsp3) is 0.0526. The highest BCUT2D eigenvalue weighted by molar-refractivity contribution is 14.1. The van der Waals surface area contributed by atoms with Gasteiger partial charge >= 0.3 is 5.97 Å². The van der Waals surface area contributed by atoms with E-state index >= 15 is 0 Å². The van der Waals surface area contributed by atoms with Crippen molar-refractivity contribution in [1.82, 2.24) is 4.98 Å². The Morgan fingerprint density at radius 1 is 1.00 bits per heavy atom. The first-order valence-electron chi connectivity index (χ1n) is 7.32. The first kappa shape index (κ1) is 16.4. The number of carbonyl (C=O) groups excluding carboxylic acids is 1. The molecule has 0 atom stereocenters. The van der Waals surface area contributed by atoms with E-state index in [0.717, 1.165) is 9.13 Å². The summed E-state index contributed by atoms with van der Waals surface area (Å²) in [7, 11) is 0. The molecule has 3 aromatic rings. The molecule has 0 spiro atoms. The van der Waals surface area contributed by atoms with Crippen LogP contribution in [0.15, 0.2) is 72.9 Å². The topological polar surface area (TPSA) is 48.4 Å². The quantitative estimate of drug-likeness (QED) is 0.429. The summed E-state index contributed by atoms with van der Waals surface area (Å²) in [5, 5.41) is 0. The lowest BCUT2D eigenvalue weighted by atomic mass is 10.2. The van der Waals surface area contributed by atoms with Crippen LogP contribution in [-0.2, 0) is 11.3 Å². The molecule has 0 aliphatic carbocycles. The van der Waals surface area contributed by atoms with E-state index in [1.54, 1.807) is 18.3 Å². The minimum absolute atomic E-state index is 0.206. The van der Waals surface area contributed by atoms with Crippen molar-refractivity contribution in [2.45, 2.75) is 6.61 Å². The van der Waals surface area contributed by atoms with Gasteiger partial charge in [0.05, 0.1) is 0 Å². The first-order chi connectivity index (χ1) is 11.7. The Morgan fingerprint density at radius 3 is 2.62 bits per heavy atom. The Morgan fingerprint density at radius 2 is 1.83 bits per heavy atom. The van der Waals surface area contributed by atoms with Gasteiger partial charge in [-0.15, -0.1) is 0 Å². The molecular formula is C19H14INO3. The van der Waals surface area contributed by atoms with Gasteiger partial charge in [-0.3, -0.25) is 0 Å². The second-order valence-electron chi connectivity index (χ2n) is 4.98. The smallest absolute Gasteiger partial charge is 0.344 e. The molecular weight excluding hydrogens is 417 g/mol. The summed E-state index contributed by atoms with van der Waals surface area (Å²) in [4.78, 5) is 16.5. The third kappa shape index (κ3) is 4.32. The van der Waals surface area contributed by atoms with E-state index in [9.17, 15) is 4.79 Å². The Hall–Kier alpha value is -2.41. The van der Waals surface area contributed by atoms with Crippen molar-refractivity contribution >= 4 is 28.6 Å². The maximum atomic E-state index is 12.4. The van der Waals surface area contributed by atoms with Crippen LogP contribution in [0.5, 0.6) is 11.6 Å². The third-order valence-electron chi connectivity index (χ3n) is 3.21. The number of nitrogens with zero attached hydrogens (tertiary/aromatic N) is 1. The average Bonchev–Trinajstić information content (AvgIpc) is 2.61. The Kier molecular flexibility index (Phi) is 5.43. The van der Waals surface area contributed by atoms with Crippen LogP contribution in [0.1, 0.15) is 15.9 Å². The summed E-state index contributed by atoms with van der Waals surface area (Å²) in [5.41, 5.74) is 1.22. The second kappa shape index (κ2) is 7.92. The van der Waals surface area contributed by atoms with Crippen LogP contribution in [0.2, 0.25) is 0 Å². The number of hydrogen-bond donors (Lipinski definition) is 0. The second-order valence-corrected chi connectivity index (χ2v) is 6.22. The van der Waals surface area contributed by atoms with E-state index < -0.39 is 5.97 Å². The maximum absolute atomic E-state index is 12.4. The molecule has 4 nitrogen and oxygen atoms in total. The number of pyridine rings is 1. The van der Waals surface area contributed by atoms with E-state index in [2.05, 4.69) is 27.6 Å². The number of carbonyl (C=O) groups is 1. The van der Waals surface area contributed by atoms with Crippen molar-refractivity contribution in [2.24, 2.45) is 0 Å². The van der Waals surface area contributed by atoms with Gasteiger partial charge in [0.15, 0.2) is 0 Å². The first-order valence-corrected chi connectivity index (χ1v) is 8.40. The van der Waals surface area contributed by atoms with Crippen LogP contribution in [-0.4, -0.2) is 11.0 Å². The number of rotatable bonds is 5. The number of benzene rings is 2. The van der Waals surface area contributed by atoms with Gasteiger partial charge < -0.3 is 9.47 Å². The van der Waals surface area contributed by atoms with Crippen molar-refractivity contribution < 1.29 is 14.3 Å². The summed E-state index contributed by atoms with van der Waals surface area (Å²) >= 11 is 2.20. The van der Waals surface area contributed by atoms with E-state index in [0.29, 0.717) is 11.3 Å². The lowest BCUT2D eigenvalue weighted by Gasteiger charge is -2.10. The summed E-state index contributed by atoms with van der Waals surface area (Å²) in [5.74, 6) is 0.392. The van der Waals surface area contributed by atoms with Gasteiger partial charge in [0.25, 0.3) is 0 Å². The summed E-state index contributed by atoms with van der Waals surface area (Å²) in [6.45, 7) is 0.206. The van der Waals surface area contributed by atoms with Gasteiger partial charge in [0, 0.05) is 9.77 Å². The zero-order valence-corrected chi connectivity index (χ0v) is 14.8. The molecule has 3 rings (SSSR count). The van der Waals surface area contributed by atoms with Gasteiger partial charge in [-0.2, -0.15) is 0 Å². The van der Waals surface area contributed by atoms with Crippen molar-refractivity contribution in [1.29, 1.82) is 0 Å². The van der Waals surface area contributed by atoms with Crippen LogP contribution in [0, 0.1) is 3.57 Å². The molecule has 2 aromatic carbocycles. The largest absolute Gasteiger partial charge is 0.457 e. The predicted molar refractivity (Wildman–Crippen MR) is 99.0 cm³/mol. The molecule has 1 aromatic heterocycles. The van der Waals surface area contributed by atoms with E-state index in [1.807, 2.05) is 54.6 Å². The predicted octanol–water partition coefficient (Wildman–Crippen LogP) is 4.84. The molecule has 1 heterocycles. The molecule has 0 fully saturated rings. The summed E-state index contributed by atoms with van der Waals surface area (Å²) in [6, 6.07) is 20.4. The number of esters is 1. The molecule has 0 N–H and O–H groups in total. The fourth-order valence-corrected chi connectivity index (χ4v) is 2.59. The molecule has 120 valence electrons. The van der Waals surface area contributed by atoms with Crippen molar-refractivity contribution in [3.05, 3.63) is 87.6 Å². The molecule has 0 aliphatic heterocycles. The Labute approximate surface area is 153 Å². The normalized spacial score (nSPS) is 10.2. The maximum Gasteiger partial charge on any atom is 0.344 e. The summed E-state index contributed by atoms with van der Waals surface area (Å²) in [6.07, 6.45) is 1.58.